The third-order valence-electron chi connectivity index (χ3n) is 3.96. The number of rotatable bonds is 8. The van der Waals surface area contributed by atoms with Crippen LogP contribution in [-0.4, -0.2) is 51.6 Å². The first-order chi connectivity index (χ1) is 14.1. The third-order valence-corrected chi connectivity index (χ3v) is 3.96. The van der Waals surface area contributed by atoms with Gasteiger partial charge in [-0.25, -0.2) is 10.1 Å². The molecule has 2 heterocycles. The van der Waals surface area contributed by atoms with Crippen molar-refractivity contribution in [2.45, 2.75) is 19.8 Å². The van der Waals surface area contributed by atoms with Gasteiger partial charge in [-0.15, -0.1) is 5.10 Å². The lowest BCUT2D eigenvalue weighted by Crippen LogP contribution is -2.20. The Hall–Kier alpha value is -3.96. The number of nitrogens with two attached hydrogens (primary N) is 1. The Morgan fingerprint density at radius 1 is 1.34 bits per heavy atom. The van der Waals surface area contributed by atoms with Crippen molar-refractivity contribution in [1.82, 2.24) is 30.7 Å². The molecule has 0 radical (unpaired) electrons. The number of carbonyl (C=O) groups excluding carboxylic acids is 1. The first-order valence-electron chi connectivity index (χ1n) is 8.68. The summed E-state index contributed by atoms with van der Waals surface area (Å²) in [7, 11) is 3.06. The Morgan fingerprint density at radius 2 is 2.17 bits per heavy atom. The predicted octanol–water partition coefficient (Wildman–Crippen LogP) is 0.966. The number of hydrazone groups is 1. The maximum Gasteiger partial charge on any atom is 0.293 e. The van der Waals surface area contributed by atoms with Gasteiger partial charge in [0.2, 0.25) is 11.6 Å². The monoisotopic (exact) mass is 400 g/mol. The molecule has 12 nitrogen and oxygen atoms in total. The summed E-state index contributed by atoms with van der Waals surface area (Å²) in [4.78, 5) is 12.6. The number of methoxy groups -OCH3 is 2. The summed E-state index contributed by atoms with van der Waals surface area (Å²) in [5.41, 5.74) is 9.40. The van der Waals surface area contributed by atoms with E-state index >= 15 is 0 Å². The highest BCUT2D eigenvalue weighted by atomic mass is 16.6. The van der Waals surface area contributed by atoms with E-state index in [1.54, 1.807) is 18.2 Å². The predicted molar refractivity (Wildman–Crippen MR) is 102 cm³/mol. The summed E-state index contributed by atoms with van der Waals surface area (Å²) < 4.78 is 16.5. The van der Waals surface area contributed by atoms with Gasteiger partial charge in [-0.05, 0) is 28.9 Å². The van der Waals surface area contributed by atoms with Gasteiger partial charge in [-0.3, -0.25) is 4.79 Å². The van der Waals surface area contributed by atoms with Gasteiger partial charge in [0, 0.05) is 5.56 Å². The number of ether oxygens (including phenoxy) is 2. The highest BCUT2D eigenvalue weighted by molar-refractivity contribution is 5.94. The highest BCUT2D eigenvalue weighted by Gasteiger charge is 2.23. The van der Waals surface area contributed by atoms with Crippen LogP contribution in [0.5, 0.6) is 11.5 Å². The second-order valence-electron chi connectivity index (χ2n) is 5.80. The second-order valence-corrected chi connectivity index (χ2v) is 5.80. The smallest absolute Gasteiger partial charge is 0.293 e. The van der Waals surface area contributed by atoms with E-state index in [9.17, 15) is 4.79 Å². The van der Waals surface area contributed by atoms with Crippen LogP contribution in [0.15, 0.2) is 27.9 Å². The Balaban J connectivity index is 1.82. The Morgan fingerprint density at radius 3 is 2.83 bits per heavy atom. The molecular weight excluding hydrogens is 380 g/mol. The number of hydrogen-bond donors (Lipinski definition) is 2. The SMILES string of the molecule is CCCc1c(C(=O)N/N=C/c2cccc(OC)c2OC)nnn1-c1nonc1N. The first-order valence-corrected chi connectivity index (χ1v) is 8.68. The minimum Gasteiger partial charge on any atom is -0.493 e. The lowest BCUT2D eigenvalue weighted by atomic mass is 10.2. The van der Waals surface area contributed by atoms with Gasteiger partial charge in [-0.2, -0.15) is 9.78 Å². The van der Waals surface area contributed by atoms with E-state index in [0.29, 0.717) is 29.2 Å². The summed E-state index contributed by atoms with van der Waals surface area (Å²) in [6.07, 6.45) is 2.70. The van der Waals surface area contributed by atoms with Crippen molar-refractivity contribution < 1.29 is 18.9 Å². The summed E-state index contributed by atoms with van der Waals surface area (Å²) in [5, 5.41) is 19.1. The molecule has 1 amide bonds. The van der Waals surface area contributed by atoms with Gasteiger partial charge in [0.15, 0.2) is 17.2 Å². The Kier molecular flexibility index (Phi) is 6.02. The molecule has 3 aromatic rings. The standard InChI is InChI=1S/C17H20N8O4/c1-4-6-11-13(20-24-25(11)16-15(18)22-29-23-16)17(26)21-19-9-10-7-5-8-12(27-2)14(10)28-3/h5,7-9H,4,6H2,1-3H3,(H2,18,22)(H,21,26)/b19-9+. The number of hydrogen-bond acceptors (Lipinski definition) is 10. The van der Waals surface area contributed by atoms with E-state index in [2.05, 4.69) is 35.8 Å². The molecule has 0 saturated heterocycles. The number of benzene rings is 1. The largest absolute Gasteiger partial charge is 0.493 e. The van der Waals surface area contributed by atoms with Gasteiger partial charge in [0.05, 0.1) is 26.1 Å². The number of amides is 1. The zero-order valence-electron chi connectivity index (χ0n) is 16.1. The van der Waals surface area contributed by atoms with E-state index in [0.717, 1.165) is 6.42 Å². The molecule has 0 saturated carbocycles. The van der Waals surface area contributed by atoms with Crippen LogP contribution in [0.1, 0.15) is 35.1 Å². The fourth-order valence-electron chi connectivity index (χ4n) is 2.67. The molecule has 2 aromatic heterocycles. The van der Waals surface area contributed by atoms with Crippen LogP contribution >= 0.6 is 0 Å². The Bertz CT molecular complexity index is 1030. The molecule has 29 heavy (non-hydrogen) atoms. The van der Waals surface area contributed by atoms with Crippen LogP contribution in [0.4, 0.5) is 5.82 Å². The van der Waals surface area contributed by atoms with Crippen molar-refractivity contribution >= 4 is 17.9 Å². The summed E-state index contributed by atoms with van der Waals surface area (Å²) in [6.45, 7) is 1.96. The summed E-state index contributed by atoms with van der Waals surface area (Å²) >= 11 is 0. The maximum absolute atomic E-state index is 12.6. The van der Waals surface area contributed by atoms with Crippen molar-refractivity contribution in [2.24, 2.45) is 5.10 Å². The molecule has 0 unspecified atom stereocenters. The van der Waals surface area contributed by atoms with Crippen molar-refractivity contribution in [3.63, 3.8) is 0 Å². The lowest BCUT2D eigenvalue weighted by molar-refractivity contribution is 0.0949. The molecule has 0 spiro atoms. The molecular formula is C17H20N8O4. The molecule has 0 aliphatic heterocycles. The van der Waals surface area contributed by atoms with Gasteiger partial charge in [0.1, 0.15) is 0 Å². The highest BCUT2D eigenvalue weighted by Crippen LogP contribution is 2.29. The van der Waals surface area contributed by atoms with Gasteiger partial charge < -0.3 is 15.2 Å². The molecule has 12 heteroatoms. The molecule has 0 aliphatic rings. The quantitative estimate of drug-likeness (QED) is 0.415. The van der Waals surface area contributed by atoms with Crippen LogP contribution in [0, 0.1) is 0 Å². The zero-order valence-corrected chi connectivity index (χ0v) is 16.1. The Labute approximate surface area is 165 Å². The number of aromatic nitrogens is 5. The molecule has 1 aromatic carbocycles. The van der Waals surface area contributed by atoms with Crippen LogP contribution < -0.4 is 20.6 Å². The molecule has 0 bridgehead atoms. The van der Waals surface area contributed by atoms with E-state index < -0.39 is 5.91 Å². The number of nitrogen functional groups attached to an aromatic ring is 1. The molecule has 3 N–H and O–H groups in total. The van der Waals surface area contributed by atoms with E-state index in [1.807, 2.05) is 6.92 Å². The van der Waals surface area contributed by atoms with Crippen molar-refractivity contribution in [3.05, 3.63) is 35.2 Å². The van der Waals surface area contributed by atoms with E-state index in [-0.39, 0.29) is 17.3 Å². The zero-order chi connectivity index (χ0) is 20.8. The number of nitrogens with one attached hydrogen (secondary N) is 1. The van der Waals surface area contributed by atoms with Crippen molar-refractivity contribution in [3.8, 4) is 17.3 Å². The van der Waals surface area contributed by atoms with Gasteiger partial charge in [-0.1, -0.05) is 24.6 Å². The van der Waals surface area contributed by atoms with Crippen molar-refractivity contribution in [1.29, 1.82) is 0 Å². The van der Waals surface area contributed by atoms with Crippen LogP contribution in [0.3, 0.4) is 0 Å². The third kappa shape index (κ3) is 4.00. The molecule has 0 aliphatic carbocycles. The molecule has 152 valence electrons. The average Bonchev–Trinajstić information content (AvgIpc) is 3.33. The van der Waals surface area contributed by atoms with Crippen LogP contribution in [0.2, 0.25) is 0 Å². The fraction of sp³-hybridized carbons (Fsp3) is 0.294. The summed E-state index contributed by atoms with van der Waals surface area (Å²) in [5.74, 6) is 0.731. The van der Waals surface area contributed by atoms with Crippen LogP contribution in [0.25, 0.3) is 5.82 Å². The van der Waals surface area contributed by atoms with E-state index in [4.69, 9.17) is 15.2 Å². The second kappa shape index (κ2) is 8.82. The van der Waals surface area contributed by atoms with Crippen LogP contribution in [-0.2, 0) is 6.42 Å². The van der Waals surface area contributed by atoms with Crippen molar-refractivity contribution in [2.75, 3.05) is 20.0 Å². The molecule has 0 fully saturated rings. The average molecular weight is 400 g/mol. The molecule has 0 atom stereocenters. The summed E-state index contributed by atoms with van der Waals surface area (Å²) in [6, 6.07) is 5.32. The molecule has 3 rings (SSSR count). The minimum absolute atomic E-state index is 0.0438. The first kappa shape index (κ1) is 19.8. The number of nitrogens with zero attached hydrogens (tertiary/aromatic N) is 6. The maximum atomic E-state index is 12.6. The lowest BCUT2D eigenvalue weighted by Gasteiger charge is -2.09. The number of para-hydroxylation sites is 1. The topological polar surface area (TPSA) is 156 Å². The normalized spacial score (nSPS) is 11.0. The van der Waals surface area contributed by atoms with Gasteiger partial charge >= 0.3 is 0 Å². The number of carbonyl (C=O) groups is 1. The van der Waals surface area contributed by atoms with E-state index in [1.165, 1.54) is 25.1 Å². The minimum atomic E-state index is -0.534. The fourth-order valence-corrected chi connectivity index (χ4v) is 2.67. The van der Waals surface area contributed by atoms with Gasteiger partial charge in [0.25, 0.3) is 5.91 Å². The number of anilines is 1.